The molecule has 0 N–H and O–H groups in total. The summed E-state index contributed by atoms with van der Waals surface area (Å²) >= 11 is 1.78. The van der Waals surface area contributed by atoms with Crippen LogP contribution < -0.4 is 0 Å². The zero-order valence-electron chi connectivity index (χ0n) is 6.01. The van der Waals surface area contributed by atoms with Crippen LogP contribution in [-0.4, -0.2) is 10.8 Å². The number of nitrogens with zero attached hydrogens (tertiary/aromatic N) is 1. The van der Waals surface area contributed by atoms with Gasteiger partial charge in [-0.3, -0.25) is 0 Å². The summed E-state index contributed by atoms with van der Waals surface area (Å²) in [7, 11) is 2.06. The molecular weight excluding hydrogens is 130 g/mol. The number of hydrogen-bond donors (Lipinski definition) is 0. The summed E-state index contributed by atoms with van der Waals surface area (Å²) in [4.78, 5) is 1.34. The molecular formula is C7H11NS. The standard InChI is InChI=1S/C7H11NS/c1-6-4-7(9-3)5-8(6)2/h4-5H,1-3H3. The monoisotopic (exact) mass is 141 g/mol. The first kappa shape index (κ1) is 6.75. The predicted octanol–water partition coefficient (Wildman–Crippen LogP) is 2.06. The molecule has 1 aromatic rings. The van der Waals surface area contributed by atoms with E-state index in [9.17, 15) is 0 Å². The summed E-state index contributed by atoms with van der Waals surface area (Å²) in [6.45, 7) is 2.11. The van der Waals surface area contributed by atoms with Crippen molar-refractivity contribution in [1.29, 1.82) is 0 Å². The molecule has 1 aromatic heterocycles. The van der Waals surface area contributed by atoms with Gasteiger partial charge in [-0.25, -0.2) is 0 Å². The van der Waals surface area contributed by atoms with E-state index in [0.717, 1.165) is 0 Å². The Morgan fingerprint density at radius 1 is 1.56 bits per heavy atom. The van der Waals surface area contributed by atoms with Crippen molar-refractivity contribution in [1.82, 2.24) is 4.57 Å². The van der Waals surface area contributed by atoms with Crippen LogP contribution in [0.4, 0.5) is 0 Å². The molecule has 0 unspecified atom stereocenters. The van der Waals surface area contributed by atoms with Crippen LogP contribution in [0.5, 0.6) is 0 Å². The lowest BCUT2D eigenvalue weighted by Crippen LogP contribution is -1.84. The summed E-state index contributed by atoms with van der Waals surface area (Å²) in [6.07, 6.45) is 4.23. The second kappa shape index (κ2) is 2.48. The van der Waals surface area contributed by atoms with Crippen molar-refractivity contribution >= 4 is 11.8 Å². The van der Waals surface area contributed by atoms with Gasteiger partial charge in [-0.15, -0.1) is 11.8 Å². The van der Waals surface area contributed by atoms with Gasteiger partial charge in [0.2, 0.25) is 0 Å². The summed E-state index contributed by atoms with van der Waals surface area (Å²) in [5, 5.41) is 0. The third-order valence-electron chi connectivity index (χ3n) is 1.46. The van der Waals surface area contributed by atoms with E-state index in [4.69, 9.17) is 0 Å². The summed E-state index contributed by atoms with van der Waals surface area (Å²) in [5.74, 6) is 0. The highest BCUT2D eigenvalue weighted by Crippen LogP contribution is 2.16. The maximum absolute atomic E-state index is 2.19. The third kappa shape index (κ3) is 1.30. The second-order valence-electron chi connectivity index (χ2n) is 2.13. The maximum Gasteiger partial charge on any atom is 0.0249 e. The van der Waals surface area contributed by atoms with Gasteiger partial charge in [0.15, 0.2) is 0 Å². The molecule has 0 aliphatic carbocycles. The minimum absolute atomic E-state index is 1.32. The van der Waals surface area contributed by atoms with E-state index in [1.54, 1.807) is 11.8 Å². The Kier molecular flexibility index (Phi) is 1.86. The van der Waals surface area contributed by atoms with E-state index in [1.165, 1.54) is 10.6 Å². The van der Waals surface area contributed by atoms with Gasteiger partial charge in [-0.05, 0) is 19.2 Å². The maximum atomic E-state index is 2.19. The molecule has 1 heterocycles. The van der Waals surface area contributed by atoms with Gasteiger partial charge in [0.25, 0.3) is 0 Å². The molecule has 0 aliphatic rings. The minimum Gasteiger partial charge on any atom is -0.354 e. The fourth-order valence-corrected chi connectivity index (χ4v) is 1.30. The Labute approximate surface area is 60.1 Å². The smallest absolute Gasteiger partial charge is 0.0249 e. The van der Waals surface area contributed by atoms with Crippen LogP contribution in [0, 0.1) is 6.92 Å². The second-order valence-corrected chi connectivity index (χ2v) is 3.01. The fourth-order valence-electron chi connectivity index (χ4n) is 0.749. The van der Waals surface area contributed by atoms with Crippen molar-refractivity contribution in [3.63, 3.8) is 0 Å². The highest BCUT2D eigenvalue weighted by Gasteiger charge is 1.94. The molecule has 0 saturated carbocycles. The lowest BCUT2D eigenvalue weighted by molar-refractivity contribution is 0.878. The van der Waals surface area contributed by atoms with Crippen LogP contribution in [0.15, 0.2) is 17.2 Å². The molecule has 0 radical (unpaired) electrons. The summed E-state index contributed by atoms with van der Waals surface area (Å²) in [5.41, 5.74) is 1.32. The Morgan fingerprint density at radius 3 is 2.44 bits per heavy atom. The molecule has 2 heteroatoms. The van der Waals surface area contributed by atoms with E-state index in [-0.39, 0.29) is 0 Å². The van der Waals surface area contributed by atoms with Gasteiger partial charge >= 0.3 is 0 Å². The first-order chi connectivity index (χ1) is 4.24. The Bertz CT molecular complexity index is 183. The van der Waals surface area contributed by atoms with Gasteiger partial charge < -0.3 is 4.57 Å². The van der Waals surface area contributed by atoms with Crippen molar-refractivity contribution in [3.05, 3.63) is 18.0 Å². The predicted molar refractivity (Wildman–Crippen MR) is 41.9 cm³/mol. The van der Waals surface area contributed by atoms with E-state index in [2.05, 4.69) is 37.1 Å². The first-order valence-corrected chi connectivity index (χ1v) is 4.13. The molecule has 0 aliphatic heterocycles. The van der Waals surface area contributed by atoms with Gasteiger partial charge in [0.05, 0.1) is 0 Å². The van der Waals surface area contributed by atoms with Gasteiger partial charge in [-0.2, -0.15) is 0 Å². The van der Waals surface area contributed by atoms with Gasteiger partial charge in [-0.1, -0.05) is 0 Å². The third-order valence-corrected chi connectivity index (χ3v) is 2.16. The molecule has 9 heavy (non-hydrogen) atoms. The molecule has 50 valence electrons. The van der Waals surface area contributed by atoms with Crippen molar-refractivity contribution in [2.75, 3.05) is 6.26 Å². The zero-order chi connectivity index (χ0) is 6.85. The fraction of sp³-hybridized carbons (Fsp3) is 0.429. The van der Waals surface area contributed by atoms with Crippen LogP contribution in [0.3, 0.4) is 0 Å². The number of aryl methyl sites for hydroxylation is 2. The van der Waals surface area contributed by atoms with E-state index >= 15 is 0 Å². The number of hydrogen-bond acceptors (Lipinski definition) is 1. The van der Waals surface area contributed by atoms with Crippen molar-refractivity contribution in [2.45, 2.75) is 11.8 Å². The van der Waals surface area contributed by atoms with E-state index in [1.807, 2.05) is 0 Å². The van der Waals surface area contributed by atoms with E-state index in [0.29, 0.717) is 0 Å². The van der Waals surface area contributed by atoms with E-state index < -0.39 is 0 Å². The molecule has 1 rings (SSSR count). The summed E-state index contributed by atoms with van der Waals surface area (Å²) in [6, 6.07) is 2.19. The largest absolute Gasteiger partial charge is 0.354 e. The number of rotatable bonds is 1. The normalized spacial score (nSPS) is 10.1. The van der Waals surface area contributed by atoms with Gasteiger partial charge in [0.1, 0.15) is 0 Å². The SMILES string of the molecule is CSc1cc(C)n(C)c1. The van der Waals surface area contributed by atoms with Crippen LogP contribution in [0.25, 0.3) is 0 Å². The highest BCUT2D eigenvalue weighted by atomic mass is 32.2. The molecule has 0 amide bonds. The lowest BCUT2D eigenvalue weighted by atomic mass is 10.5. The Balaban J connectivity index is 2.98. The molecule has 0 spiro atoms. The Hall–Kier alpha value is -0.370. The zero-order valence-corrected chi connectivity index (χ0v) is 6.83. The topological polar surface area (TPSA) is 4.93 Å². The van der Waals surface area contributed by atoms with Gasteiger partial charge in [0, 0.05) is 23.8 Å². The molecule has 0 fully saturated rings. The van der Waals surface area contributed by atoms with Crippen molar-refractivity contribution < 1.29 is 0 Å². The van der Waals surface area contributed by atoms with Crippen LogP contribution in [0.1, 0.15) is 5.69 Å². The molecule has 0 saturated heterocycles. The Morgan fingerprint density at radius 2 is 2.22 bits per heavy atom. The van der Waals surface area contributed by atoms with Crippen LogP contribution in [0.2, 0.25) is 0 Å². The molecule has 0 atom stereocenters. The van der Waals surface area contributed by atoms with Crippen LogP contribution in [-0.2, 0) is 7.05 Å². The van der Waals surface area contributed by atoms with Crippen molar-refractivity contribution in [2.24, 2.45) is 7.05 Å². The minimum atomic E-state index is 1.32. The van der Waals surface area contributed by atoms with Crippen molar-refractivity contribution in [3.8, 4) is 0 Å². The lowest BCUT2D eigenvalue weighted by Gasteiger charge is -1.89. The average molecular weight is 141 g/mol. The number of thioether (sulfide) groups is 1. The molecule has 1 nitrogen and oxygen atoms in total. The summed E-state index contributed by atoms with van der Waals surface area (Å²) < 4.78 is 2.13. The first-order valence-electron chi connectivity index (χ1n) is 2.91. The quantitative estimate of drug-likeness (QED) is 0.542. The molecule has 0 aromatic carbocycles. The van der Waals surface area contributed by atoms with Crippen LogP contribution >= 0.6 is 11.8 Å². The highest BCUT2D eigenvalue weighted by molar-refractivity contribution is 7.98. The average Bonchev–Trinajstić information content (AvgIpc) is 2.13. The number of aromatic nitrogens is 1. The molecule has 0 bridgehead atoms.